The Hall–Kier alpha value is -1.72. The number of piperidine rings is 1. The van der Waals surface area contributed by atoms with Gasteiger partial charge in [-0.15, -0.1) is 11.3 Å². The van der Waals surface area contributed by atoms with Crippen LogP contribution in [0.1, 0.15) is 52.0 Å². The maximum Gasteiger partial charge on any atom is 0.254 e. The van der Waals surface area contributed by atoms with Gasteiger partial charge in [0.2, 0.25) is 0 Å². The van der Waals surface area contributed by atoms with E-state index in [0.717, 1.165) is 51.0 Å². The Morgan fingerprint density at radius 2 is 2.00 bits per heavy atom. The van der Waals surface area contributed by atoms with Crippen LogP contribution in [0.2, 0.25) is 0 Å². The van der Waals surface area contributed by atoms with E-state index < -0.39 is 0 Å². The van der Waals surface area contributed by atoms with Gasteiger partial charge in [0, 0.05) is 36.9 Å². The zero-order valence-corrected chi connectivity index (χ0v) is 18.1. The maximum absolute atomic E-state index is 13.1. The molecule has 0 unspecified atom stereocenters. The lowest BCUT2D eigenvalue weighted by molar-refractivity contribution is 0.0729. The van der Waals surface area contributed by atoms with Crippen molar-refractivity contribution in [3.8, 4) is 0 Å². The minimum absolute atomic E-state index is 0.175. The summed E-state index contributed by atoms with van der Waals surface area (Å²) in [4.78, 5) is 18.9. The second-order valence-electron chi connectivity index (χ2n) is 8.63. The second-order valence-corrected chi connectivity index (χ2v) is 9.59. The Bertz CT molecular complexity index is 832. The predicted molar refractivity (Wildman–Crippen MR) is 117 cm³/mol. The molecule has 1 aliphatic carbocycles. The van der Waals surface area contributed by atoms with Crippen LogP contribution in [0.5, 0.6) is 0 Å². The minimum Gasteiger partial charge on any atom is -0.341 e. The summed E-state index contributed by atoms with van der Waals surface area (Å²) in [6.07, 6.45) is 7.99. The van der Waals surface area contributed by atoms with Crippen LogP contribution in [-0.4, -0.2) is 48.9 Å². The number of halogens is 1. The Labute approximate surface area is 177 Å². The molecule has 1 fully saturated rings. The Kier molecular flexibility index (Phi) is 6.66. The number of nitrogens with zero attached hydrogens (tertiary/aromatic N) is 2. The molecule has 1 aliphatic heterocycles. The molecule has 0 saturated carbocycles. The number of benzene rings is 1. The maximum atomic E-state index is 13.1. The summed E-state index contributed by atoms with van der Waals surface area (Å²) in [5.74, 6) is 0.555. The number of rotatable bonds is 6. The van der Waals surface area contributed by atoms with Gasteiger partial charge in [-0.3, -0.25) is 4.79 Å². The monoisotopic (exact) mass is 414 g/mol. The molecule has 156 valence electrons. The van der Waals surface area contributed by atoms with E-state index in [9.17, 15) is 9.18 Å². The van der Waals surface area contributed by atoms with Crippen molar-refractivity contribution >= 4 is 17.2 Å². The SMILES string of the molecule is CN(C[C@H]1CCCN(CCc2ccc(F)cc2)C1)C(=O)c1csc2c1CCCC2. The molecule has 0 radical (unpaired) electrons. The lowest BCUT2D eigenvalue weighted by Gasteiger charge is -2.34. The first kappa shape index (κ1) is 20.5. The minimum atomic E-state index is -0.175. The third kappa shape index (κ3) is 5.07. The van der Waals surface area contributed by atoms with Crippen molar-refractivity contribution in [2.45, 2.75) is 44.9 Å². The number of aryl methyl sites for hydroxylation is 1. The van der Waals surface area contributed by atoms with Gasteiger partial charge in [0.1, 0.15) is 5.82 Å². The number of hydrogen-bond donors (Lipinski definition) is 0. The van der Waals surface area contributed by atoms with E-state index in [1.807, 2.05) is 24.1 Å². The summed E-state index contributed by atoms with van der Waals surface area (Å²) in [6, 6.07) is 6.84. The van der Waals surface area contributed by atoms with Gasteiger partial charge < -0.3 is 9.80 Å². The number of likely N-dealkylation sites (tertiary alicyclic amines) is 1. The van der Waals surface area contributed by atoms with E-state index in [4.69, 9.17) is 0 Å². The van der Waals surface area contributed by atoms with Crippen molar-refractivity contribution in [3.63, 3.8) is 0 Å². The third-order valence-electron chi connectivity index (χ3n) is 6.40. The van der Waals surface area contributed by atoms with Gasteiger partial charge in [-0.1, -0.05) is 12.1 Å². The average molecular weight is 415 g/mol. The summed E-state index contributed by atoms with van der Waals surface area (Å²) in [6.45, 7) is 3.99. The summed E-state index contributed by atoms with van der Waals surface area (Å²) in [5, 5.41) is 2.09. The first-order valence-electron chi connectivity index (χ1n) is 10.9. The van der Waals surface area contributed by atoms with Crippen molar-refractivity contribution in [1.82, 2.24) is 9.80 Å². The molecule has 2 aromatic rings. The zero-order valence-electron chi connectivity index (χ0n) is 17.3. The third-order valence-corrected chi connectivity index (χ3v) is 7.49. The van der Waals surface area contributed by atoms with Crippen molar-refractivity contribution < 1.29 is 9.18 Å². The van der Waals surface area contributed by atoms with E-state index in [2.05, 4.69) is 10.3 Å². The lowest BCUT2D eigenvalue weighted by Crippen LogP contribution is -2.42. The van der Waals surface area contributed by atoms with E-state index in [1.165, 1.54) is 53.8 Å². The number of carbonyl (C=O) groups is 1. The van der Waals surface area contributed by atoms with E-state index in [1.54, 1.807) is 11.3 Å². The van der Waals surface area contributed by atoms with Crippen molar-refractivity contribution in [1.29, 1.82) is 0 Å². The van der Waals surface area contributed by atoms with Gasteiger partial charge in [0.15, 0.2) is 0 Å². The van der Waals surface area contributed by atoms with Gasteiger partial charge in [-0.2, -0.15) is 0 Å². The van der Waals surface area contributed by atoms with Gasteiger partial charge in [-0.05, 0) is 80.7 Å². The quantitative estimate of drug-likeness (QED) is 0.678. The Morgan fingerprint density at radius 1 is 1.21 bits per heavy atom. The summed E-state index contributed by atoms with van der Waals surface area (Å²) >= 11 is 1.77. The fraction of sp³-hybridized carbons (Fsp3) is 0.542. The van der Waals surface area contributed by atoms with Crippen LogP contribution < -0.4 is 0 Å². The molecule has 2 aliphatic rings. The van der Waals surface area contributed by atoms with E-state index in [0.29, 0.717) is 5.92 Å². The summed E-state index contributed by atoms with van der Waals surface area (Å²) in [5.41, 5.74) is 3.46. The first-order chi connectivity index (χ1) is 14.1. The predicted octanol–water partition coefficient (Wildman–Crippen LogP) is 4.79. The molecule has 1 atom stereocenters. The van der Waals surface area contributed by atoms with Crippen LogP contribution in [0.4, 0.5) is 4.39 Å². The highest BCUT2D eigenvalue weighted by Crippen LogP contribution is 2.31. The Morgan fingerprint density at radius 3 is 2.83 bits per heavy atom. The molecule has 1 aromatic carbocycles. The fourth-order valence-electron chi connectivity index (χ4n) is 4.79. The fourth-order valence-corrected chi connectivity index (χ4v) is 5.91. The molecule has 2 heterocycles. The first-order valence-corrected chi connectivity index (χ1v) is 11.8. The lowest BCUT2D eigenvalue weighted by atomic mass is 9.94. The molecule has 0 bridgehead atoms. The summed E-state index contributed by atoms with van der Waals surface area (Å²) in [7, 11) is 1.96. The normalized spacial score (nSPS) is 19.7. The largest absolute Gasteiger partial charge is 0.341 e. The van der Waals surface area contributed by atoms with E-state index >= 15 is 0 Å². The second kappa shape index (κ2) is 9.40. The highest BCUT2D eigenvalue weighted by Gasteiger charge is 2.26. The molecule has 3 nitrogen and oxygen atoms in total. The standard InChI is InChI=1S/C24H31FN2OS/c1-26(24(28)22-17-29-23-7-3-2-6-21(22)23)15-19-5-4-13-27(16-19)14-12-18-8-10-20(25)11-9-18/h8-11,17,19H,2-7,12-16H2,1H3/t19-/m1/s1. The zero-order chi connectivity index (χ0) is 20.2. The molecular formula is C24H31FN2OS. The number of hydrogen-bond acceptors (Lipinski definition) is 3. The van der Waals surface area contributed by atoms with Gasteiger partial charge in [-0.25, -0.2) is 4.39 Å². The van der Waals surface area contributed by atoms with Crippen LogP contribution in [0.3, 0.4) is 0 Å². The molecule has 29 heavy (non-hydrogen) atoms. The van der Waals surface area contributed by atoms with Gasteiger partial charge >= 0.3 is 0 Å². The molecule has 0 spiro atoms. The van der Waals surface area contributed by atoms with Crippen LogP contribution in [0, 0.1) is 11.7 Å². The molecule has 0 N–H and O–H groups in total. The van der Waals surface area contributed by atoms with Crippen molar-refractivity contribution in [2.24, 2.45) is 5.92 Å². The number of fused-ring (bicyclic) bond motifs is 1. The van der Waals surface area contributed by atoms with Gasteiger partial charge in [0.05, 0.1) is 5.56 Å². The van der Waals surface area contributed by atoms with E-state index in [-0.39, 0.29) is 11.7 Å². The molecule has 1 aromatic heterocycles. The molecule has 1 amide bonds. The molecule has 4 rings (SSSR count). The smallest absolute Gasteiger partial charge is 0.254 e. The number of amides is 1. The molecular weight excluding hydrogens is 383 g/mol. The number of carbonyl (C=O) groups excluding carboxylic acids is 1. The Balaban J connectivity index is 1.30. The van der Waals surface area contributed by atoms with Crippen LogP contribution in [0.15, 0.2) is 29.6 Å². The molecule has 5 heteroatoms. The van der Waals surface area contributed by atoms with Crippen molar-refractivity contribution in [2.75, 3.05) is 33.2 Å². The number of thiophene rings is 1. The topological polar surface area (TPSA) is 23.6 Å². The highest BCUT2D eigenvalue weighted by molar-refractivity contribution is 7.10. The average Bonchev–Trinajstić information content (AvgIpc) is 3.17. The van der Waals surface area contributed by atoms with Crippen molar-refractivity contribution in [3.05, 3.63) is 57.0 Å². The summed E-state index contributed by atoms with van der Waals surface area (Å²) < 4.78 is 13.1. The van der Waals surface area contributed by atoms with Crippen LogP contribution in [0.25, 0.3) is 0 Å². The van der Waals surface area contributed by atoms with Crippen LogP contribution >= 0.6 is 11.3 Å². The van der Waals surface area contributed by atoms with Gasteiger partial charge in [0.25, 0.3) is 5.91 Å². The highest BCUT2D eigenvalue weighted by atomic mass is 32.1. The molecule has 1 saturated heterocycles. The van der Waals surface area contributed by atoms with Crippen LogP contribution in [-0.2, 0) is 19.3 Å².